The highest BCUT2D eigenvalue weighted by Gasteiger charge is 2.27. The second-order valence-electron chi connectivity index (χ2n) is 12.4. The first-order valence-electron chi connectivity index (χ1n) is 16.1. The second kappa shape index (κ2) is 15.3. The zero-order chi connectivity index (χ0) is 44.3. The van der Waals surface area contributed by atoms with Crippen LogP contribution in [0.25, 0.3) is 32.7 Å². The molecule has 314 valence electrons. The van der Waals surface area contributed by atoms with E-state index in [4.69, 9.17) is 20.9 Å². The number of methoxy groups -OCH3 is 2. The molecule has 0 atom stereocenters. The van der Waals surface area contributed by atoms with Gasteiger partial charge in [-0.15, -0.1) is 20.5 Å². The van der Waals surface area contributed by atoms with Crippen LogP contribution in [-0.4, -0.2) is 76.3 Å². The van der Waals surface area contributed by atoms with Crippen LogP contribution < -0.4 is 20.9 Å². The van der Waals surface area contributed by atoms with Gasteiger partial charge in [0.05, 0.1) is 24.0 Å². The average Bonchev–Trinajstić information content (AvgIpc) is 3.14. The molecule has 0 unspecified atom stereocenters. The number of nitrogens with zero attached hydrogens (tertiary/aromatic N) is 4. The van der Waals surface area contributed by atoms with Gasteiger partial charge in [-0.25, -0.2) is 0 Å². The summed E-state index contributed by atoms with van der Waals surface area (Å²) in [5.41, 5.74) is 10.2. The predicted molar refractivity (Wildman–Crippen MR) is 213 cm³/mol. The lowest BCUT2D eigenvalue weighted by Crippen LogP contribution is -2.02. The van der Waals surface area contributed by atoms with Crippen molar-refractivity contribution >= 4 is 96.1 Å². The zero-order valence-electron chi connectivity index (χ0n) is 30.3. The lowest BCUT2D eigenvalue weighted by atomic mass is 10.0. The normalized spacial score (nSPS) is 12.8. The first-order chi connectivity index (χ1) is 27.8. The molecular weight excluding hydrogens is 877 g/mol. The number of anilines is 2. The third-order valence-corrected chi connectivity index (χ3v) is 12.1. The Morgan fingerprint density at radius 3 is 1.32 bits per heavy atom. The number of aromatic hydroxyl groups is 2. The molecule has 0 saturated heterocycles. The van der Waals surface area contributed by atoms with E-state index in [1.807, 2.05) is 0 Å². The monoisotopic (exact) mass is 904 g/mol. The molecule has 0 aliphatic carbocycles. The van der Waals surface area contributed by atoms with Crippen molar-refractivity contribution in [3.05, 3.63) is 72.8 Å². The van der Waals surface area contributed by atoms with Gasteiger partial charge in [-0.1, -0.05) is 12.1 Å². The van der Waals surface area contributed by atoms with Crippen molar-refractivity contribution in [2.75, 3.05) is 25.7 Å². The van der Waals surface area contributed by atoms with Crippen LogP contribution in [0.4, 0.5) is 34.1 Å². The van der Waals surface area contributed by atoms with Crippen molar-refractivity contribution in [1.29, 1.82) is 0 Å². The minimum Gasteiger partial charge on any atom is -0.505 e. The number of fused-ring (bicyclic) bond motifs is 2. The lowest BCUT2D eigenvalue weighted by molar-refractivity contribution is 0.415. The Bertz CT molecular complexity index is 3340. The van der Waals surface area contributed by atoms with Crippen LogP contribution in [0.3, 0.4) is 0 Å². The smallest absolute Gasteiger partial charge is 0.296 e. The molecule has 0 saturated carbocycles. The van der Waals surface area contributed by atoms with Crippen molar-refractivity contribution in [1.82, 2.24) is 0 Å². The Kier molecular flexibility index (Phi) is 11.0. The molecule has 0 heterocycles. The molecule has 0 amide bonds. The Labute approximate surface area is 339 Å². The van der Waals surface area contributed by atoms with Gasteiger partial charge in [0.25, 0.3) is 40.5 Å². The summed E-state index contributed by atoms with van der Waals surface area (Å²) in [6.45, 7) is 0. The molecule has 0 aliphatic rings. The van der Waals surface area contributed by atoms with E-state index in [-0.39, 0.29) is 44.4 Å². The van der Waals surface area contributed by atoms with Crippen LogP contribution >= 0.6 is 0 Å². The lowest BCUT2D eigenvalue weighted by Gasteiger charge is -2.13. The molecule has 10 N–H and O–H groups in total. The quantitative estimate of drug-likeness (QED) is 0.0415. The van der Waals surface area contributed by atoms with E-state index in [0.29, 0.717) is 11.1 Å². The summed E-state index contributed by atoms with van der Waals surface area (Å²) in [5.74, 6) is -1.71. The maximum absolute atomic E-state index is 12.4. The highest BCUT2D eigenvalue weighted by atomic mass is 32.2. The van der Waals surface area contributed by atoms with Crippen LogP contribution in [0.15, 0.2) is 113 Å². The molecule has 22 nitrogen and oxygen atoms in total. The van der Waals surface area contributed by atoms with Gasteiger partial charge in [-0.05, 0) is 82.6 Å². The van der Waals surface area contributed by atoms with Gasteiger partial charge in [0.15, 0.2) is 11.5 Å². The maximum Gasteiger partial charge on any atom is 0.296 e. The molecule has 0 radical (unpaired) electrons. The maximum atomic E-state index is 12.4. The second-order valence-corrected chi connectivity index (χ2v) is 18.1. The number of hydrogen-bond donors (Lipinski definition) is 8. The zero-order valence-corrected chi connectivity index (χ0v) is 33.5. The summed E-state index contributed by atoms with van der Waals surface area (Å²) >= 11 is 0. The molecule has 6 aromatic rings. The van der Waals surface area contributed by atoms with Gasteiger partial charge in [-0.3, -0.25) is 18.2 Å². The third kappa shape index (κ3) is 8.33. The first kappa shape index (κ1) is 43.1. The predicted octanol–water partition coefficient (Wildman–Crippen LogP) is 6.07. The molecule has 6 rings (SSSR count). The molecule has 0 aromatic heterocycles. The topological polar surface area (TPSA) is 378 Å². The van der Waals surface area contributed by atoms with Gasteiger partial charge in [0, 0.05) is 22.1 Å². The number of nitrogens with two attached hydrogens (primary N) is 2. The summed E-state index contributed by atoms with van der Waals surface area (Å²) in [4.78, 5) is -3.43. The molecule has 0 aliphatic heterocycles. The third-order valence-electron chi connectivity index (χ3n) is 8.67. The minimum absolute atomic E-state index is 0.0230. The van der Waals surface area contributed by atoms with Crippen molar-refractivity contribution < 1.29 is 71.6 Å². The molecule has 6 aromatic carbocycles. The van der Waals surface area contributed by atoms with E-state index in [9.17, 15) is 62.1 Å². The average molecular weight is 905 g/mol. The number of nitrogen functional groups attached to an aromatic ring is 2. The van der Waals surface area contributed by atoms with E-state index < -0.39 is 94.3 Å². The Balaban J connectivity index is 1.42. The number of ether oxygens (including phenoxy) is 2. The molecule has 0 fully saturated rings. The van der Waals surface area contributed by atoms with E-state index >= 15 is 0 Å². The fourth-order valence-corrected chi connectivity index (χ4v) is 8.38. The van der Waals surface area contributed by atoms with Gasteiger partial charge >= 0.3 is 0 Å². The van der Waals surface area contributed by atoms with Crippen molar-refractivity contribution in [2.45, 2.75) is 19.6 Å². The summed E-state index contributed by atoms with van der Waals surface area (Å²) in [6, 6.07) is 13.5. The van der Waals surface area contributed by atoms with Gasteiger partial charge in [-0.2, -0.15) is 33.7 Å². The largest absolute Gasteiger partial charge is 0.505 e. The highest BCUT2D eigenvalue weighted by Crippen LogP contribution is 2.47. The molecular formula is C34H28N6O16S4. The Morgan fingerprint density at radius 1 is 0.483 bits per heavy atom. The van der Waals surface area contributed by atoms with Crippen LogP contribution in [0, 0.1) is 0 Å². The van der Waals surface area contributed by atoms with Crippen LogP contribution in [0.2, 0.25) is 0 Å². The Morgan fingerprint density at radius 2 is 0.900 bits per heavy atom. The number of hydrogen-bond acceptors (Lipinski definition) is 18. The van der Waals surface area contributed by atoms with Crippen molar-refractivity contribution in [3.8, 4) is 34.1 Å². The highest BCUT2D eigenvalue weighted by molar-refractivity contribution is 7.86. The minimum atomic E-state index is -5.16. The van der Waals surface area contributed by atoms with Gasteiger partial charge in [0.2, 0.25) is 0 Å². The van der Waals surface area contributed by atoms with E-state index in [2.05, 4.69) is 20.5 Å². The summed E-state index contributed by atoms with van der Waals surface area (Å²) in [5, 5.41) is 36.8. The van der Waals surface area contributed by atoms with Crippen LogP contribution in [0.5, 0.6) is 23.0 Å². The van der Waals surface area contributed by atoms with E-state index in [1.54, 1.807) is 6.07 Å². The SMILES string of the molecule is COc1ccc(-c2ccc(N=Nc3c(S(=O)(=O)O)cc4cc(S(=O)(=O)O)cc(N)c4c3O)c(OC)c2)cc1N=Nc1c(S(=O)(=O)O)cc2cc(S(=O)(=O)O)cc(N)c2c1O. The fourth-order valence-electron chi connectivity index (χ4n) is 5.96. The molecule has 26 heteroatoms. The number of phenols is 2. The molecule has 60 heavy (non-hydrogen) atoms. The summed E-state index contributed by atoms with van der Waals surface area (Å²) in [6.07, 6.45) is 0. The van der Waals surface area contributed by atoms with Crippen LogP contribution in [-0.2, 0) is 40.5 Å². The van der Waals surface area contributed by atoms with Crippen LogP contribution in [0.1, 0.15) is 0 Å². The van der Waals surface area contributed by atoms with E-state index in [1.165, 1.54) is 44.6 Å². The van der Waals surface area contributed by atoms with E-state index in [0.717, 1.165) is 36.4 Å². The van der Waals surface area contributed by atoms with Crippen molar-refractivity contribution in [2.24, 2.45) is 20.5 Å². The molecule has 0 bridgehead atoms. The number of benzene rings is 6. The standard InChI is InChI=1S/C34H28N6O16S4/c1-55-25-6-4-15(9-24(25)38-40-32-28(60(52,53)54)12-18-8-20(58(46,47)48)14-22(36)30(18)34(32)42)16-3-5-23(26(10-16)56-2)37-39-31-27(59(49,50)51)11-17-7-19(57(43,44)45)13-21(35)29(17)33(31)41/h3-14,41-42H,35-36H2,1-2H3,(H,43,44,45)(H,46,47,48)(H,49,50,51)(H,52,53,54). The van der Waals surface area contributed by atoms with Crippen molar-refractivity contribution in [3.63, 3.8) is 0 Å². The number of azo groups is 2. The van der Waals surface area contributed by atoms with Gasteiger partial charge < -0.3 is 31.2 Å². The summed E-state index contributed by atoms with van der Waals surface area (Å²) < 4.78 is 146. The molecule has 0 spiro atoms. The number of rotatable bonds is 11. The first-order valence-corrected chi connectivity index (χ1v) is 21.9. The van der Waals surface area contributed by atoms with Gasteiger partial charge in [0.1, 0.15) is 44.0 Å². The fraction of sp³-hybridized carbons (Fsp3) is 0.0588. The number of phenolic OH excluding ortho intramolecular Hbond substituents is 2. The Hall–Kier alpha value is -6.52. The summed E-state index contributed by atoms with van der Waals surface area (Å²) in [7, 11) is -17.4.